The van der Waals surface area contributed by atoms with Crippen molar-refractivity contribution in [1.82, 2.24) is 29.7 Å². The van der Waals surface area contributed by atoms with Crippen LogP contribution in [0.2, 0.25) is 0 Å². The van der Waals surface area contributed by atoms with Gasteiger partial charge < -0.3 is 0 Å². The molecule has 0 unspecified atom stereocenters. The molecule has 0 saturated carbocycles. The third-order valence-corrected chi connectivity index (χ3v) is 7.65. The molecule has 4 aromatic heterocycles. The van der Waals surface area contributed by atoms with Gasteiger partial charge in [-0.25, -0.2) is 0 Å². The number of hydrogen-bond donors (Lipinski definition) is 0. The fourth-order valence-electron chi connectivity index (χ4n) is 5.40. The van der Waals surface area contributed by atoms with Crippen LogP contribution in [0, 0.1) is 0 Å². The normalized spacial score (nSPS) is 11.4. The molecule has 0 fully saturated rings. The lowest BCUT2D eigenvalue weighted by molar-refractivity contribution is 0.244. The smallest absolute Gasteiger partial charge is 0.0544 e. The summed E-state index contributed by atoms with van der Waals surface area (Å²) in [6.45, 7) is 5.68. The summed E-state index contributed by atoms with van der Waals surface area (Å²) in [5, 5.41) is 0. The predicted molar refractivity (Wildman–Crippen MR) is 171 cm³/mol. The Bertz CT molecular complexity index is 1010. The van der Waals surface area contributed by atoms with Crippen molar-refractivity contribution in [1.29, 1.82) is 0 Å². The van der Waals surface area contributed by atoms with Crippen molar-refractivity contribution in [2.45, 2.75) is 90.4 Å². The Morgan fingerprint density at radius 3 is 0.833 bits per heavy atom. The molecule has 0 spiro atoms. The van der Waals surface area contributed by atoms with E-state index >= 15 is 0 Å². The number of pyridine rings is 4. The number of rotatable bonds is 21. The average molecular weight is 565 g/mol. The second-order valence-electron chi connectivity index (χ2n) is 11.2. The van der Waals surface area contributed by atoms with Gasteiger partial charge in [0.1, 0.15) is 0 Å². The first-order chi connectivity index (χ1) is 20.8. The van der Waals surface area contributed by atoms with Crippen molar-refractivity contribution < 1.29 is 0 Å². The van der Waals surface area contributed by atoms with Crippen molar-refractivity contribution in [3.05, 3.63) is 120 Å². The van der Waals surface area contributed by atoms with Crippen LogP contribution in [0.4, 0.5) is 0 Å². The summed E-state index contributed by atoms with van der Waals surface area (Å²) in [6, 6.07) is 24.7. The number of aromatic nitrogens is 4. The zero-order valence-electron chi connectivity index (χ0n) is 25.2. The van der Waals surface area contributed by atoms with Gasteiger partial charge in [-0.3, -0.25) is 29.7 Å². The van der Waals surface area contributed by atoms with Gasteiger partial charge in [0, 0.05) is 51.0 Å². The molecule has 4 aromatic rings. The molecule has 4 heterocycles. The van der Waals surface area contributed by atoms with Crippen LogP contribution in [0.5, 0.6) is 0 Å². The molecule has 0 aromatic carbocycles. The van der Waals surface area contributed by atoms with E-state index in [2.05, 4.69) is 78.3 Å². The highest BCUT2D eigenvalue weighted by atomic mass is 15.1. The first kappa shape index (κ1) is 31.5. The lowest BCUT2D eigenvalue weighted by Gasteiger charge is -2.21. The highest BCUT2D eigenvalue weighted by Gasteiger charge is 2.10. The molecule has 42 heavy (non-hydrogen) atoms. The molecule has 0 bridgehead atoms. The Hall–Kier alpha value is -3.48. The van der Waals surface area contributed by atoms with Crippen LogP contribution in [0.3, 0.4) is 0 Å². The number of unbranched alkanes of at least 4 members (excludes halogenated alkanes) is 9. The SMILES string of the molecule is c1ccc(CN(CCCCCCCCCCCCN(Cc2ccccn2)Cc2ccccn2)Cc2ccccn2)nc1. The summed E-state index contributed by atoms with van der Waals surface area (Å²) >= 11 is 0. The van der Waals surface area contributed by atoms with Gasteiger partial charge in [0.2, 0.25) is 0 Å². The fourth-order valence-corrected chi connectivity index (χ4v) is 5.40. The van der Waals surface area contributed by atoms with Gasteiger partial charge in [-0.1, -0.05) is 75.6 Å². The molecule has 4 rings (SSSR count). The van der Waals surface area contributed by atoms with E-state index in [1.165, 1.54) is 64.2 Å². The minimum absolute atomic E-state index is 0.876. The van der Waals surface area contributed by atoms with Crippen LogP contribution in [0.1, 0.15) is 87.0 Å². The Morgan fingerprint density at radius 2 is 0.595 bits per heavy atom. The summed E-state index contributed by atoms with van der Waals surface area (Å²) in [5.41, 5.74) is 4.51. The van der Waals surface area contributed by atoms with Crippen molar-refractivity contribution in [3.63, 3.8) is 0 Å². The highest BCUT2D eigenvalue weighted by Crippen LogP contribution is 2.14. The highest BCUT2D eigenvalue weighted by molar-refractivity contribution is 5.07. The molecule has 0 saturated heterocycles. The van der Waals surface area contributed by atoms with Crippen molar-refractivity contribution in [3.8, 4) is 0 Å². The fraction of sp³-hybridized carbons (Fsp3) is 0.444. The van der Waals surface area contributed by atoms with Crippen LogP contribution in [0.15, 0.2) is 97.6 Å². The van der Waals surface area contributed by atoms with Crippen LogP contribution in [-0.2, 0) is 26.2 Å². The summed E-state index contributed by atoms with van der Waals surface area (Å²) < 4.78 is 0. The molecule has 0 amide bonds. The largest absolute Gasteiger partial charge is 0.292 e. The molecular weight excluding hydrogens is 516 g/mol. The zero-order valence-corrected chi connectivity index (χ0v) is 25.2. The Kier molecular flexibility index (Phi) is 14.7. The molecule has 0 aliphatic rings. The molecule has 0 atom stereocenters. The molecule has 222 valence electrons. The van der Waals surface area contributed by atoms with Crippen LogP contribution in [0.25, 0.3) is 0 Å². The van der Waals surface area contributed by atoms with Crippen LogP contribution >= 0.6 is 0 Å². The standard InChI is InChI=1S/C36H48N6/c1(3-5-7-17-27-41(29-33-19-9-13-23-37-33)30-34-20-10-14-24-38-34)2-4-6-8-18-28-42(31-35-21-11-15-25-39-35)32-36-22-12-16-26-40-36/h9-16,19-26H,1-8,17-18,27-32H2. The van der Waals surface area contributed by atoms with E-state index in [1.807, 2.05) is 49.1 Å². The van der Waals surface area contributed by atoms with Gasteiger partial charge in [-0.05, 0) is 74.5 Å². The van der Waals surface area contributed by atoms with E-state index in [0.717, 1.165) is 62.0 Å². The average Bonchev–Trinajstić information content (AvgIpc) is 3.03. The monoisotopic (exact) mass is 564 g/mol. The van der Waals surface area contributed by atoms with Gasteiger partial charge in [0.05, 0.1) is 22.8 Å². The molecule has 0 aliphatic heterocycles. The third kappa shape index (κ3) is 13.0. The Morgan fingerprint density at radius 1 is 0.333 bits per heavy atom. The summed E-state index contributed by atoms with van der Waals surface area (Å²) in [5.74, 6) is 0. The van der Waals surface area contributed by atoms with Crippen molar-refractivity contribution in [2.75, 3.05) is 13.1 Å². The second-order valence-corrected chi connectivity index (χ2v) is 11.2. The van der Waals surface area contributed by atoms with E-state index < -0.39 is 0 Å². The third-order valence-electron chi connectivity index (χ3n) is 7.65. The molecule has 0 radical (unpaired) electrons. The summed E-state index contributed by atoms with van der Waals surface area (Å²) in [7, 11) is 0. The molecular formula is C36H48N6. The minimum atomic E-state index is 0.876. The predicted octanol–water partition coefficient (Wildman–Crippen LogP) is 7.87. The molecule has 0 aliphatic carbocycles. The van der Waals surface area contributed by atoms with Crippen LogP contribution < -0.4 is 0 Å². The van der Waals surface area contributed by atoms with Gasteiger partial charge >= 0.3 is 0 Å². The molecule has 6 heteroatoms. The summed E-state index contributed by atoms with van der Waals surface area (Å²) in [6.07, 6.45) is 20.7. The van der Waals surface area contributed by atoms with E-state index in [1.54, 1.807) is 0 Å². The maximum Gasteiger partial charge on any atom is 0.0544 e. The lowest BCUT2D eigenvalue weighted by Crippen LogP contribution is -2.25. The van der Waals surface area contributed by atoms with E-state index in [4.69, 9.17) is 0 Å². The van der Waals surface area contributed by atoms with E-state index in [0.29, 0.717) is 0 Å². The first-order valence-electron chi connectivity index (χ1n) is 15.9. The number of nitrogens with zero attached hydrogens (tertiary/aromatic N) is 6. The quantitative estimate of drug-likeness (QED) is 0.0960. The Balaban J connectivity index is 1.04. The van der Waals surface area contributed by atoms with Gasteiger partial charge in [0.25, 0.3) is 0 Å². The van der Waals surface area contributed by atoms with E-state index in [9.17, 15) is 0 Å². The topological polar surface area (TPSA) is 58.0 Å². The van der Waals surface area contributed by atoms with Gasteiger partial charge in [-0.15, -0.1) is 0 Å². The van der Waals surface area contributed by atoms with Crippen molar-refractivity contribution >= 4 is 0 Å². The first-order valence-corrected chi connectivity index (χ1v) is 15.9. The Labute approximate surface area is 253 Å². The molecule has 6 nitrogen and oxygen atoms in total. The number of hydrogen-bond acceptors (Lipinski definition) is 6. The zero-order chi connectivity index (χ0) is 28.9. The van der Waals surface area contributed by atoms with Crippen molar-refractivity contribution in [2.24, 2.45) is 0 Å². The van der Waals surface area contributed by atoms with Crippen LogP contribution in [-0.4, -0.2) is 42.8 Å². The second kappa shape index (κ2) is 19.6. The van der Waals surface area contributed by atoms with E-state index in [-0.39, 0.29) is 0 Å². The summed E-state index contributed by atoms with van der Waals surface area (Å²) in [4.78, 5) is 23.1. The maximum atomic E-state index is 4.54. The lowest BCUT2D eigenvalue weighted by atomic mass is 10.1. The van der Waals surface area contributed by atoms with Gasteiger partial charge in [0.15, 0.2) is 0 Å². The molecule has 0 N–H and O–H groups in total. The van der Waals surface area contributed by atoms with Gasteiger partial charge in [-0.2, -0.15) is 0 Å². The maximum absolute atomic E-state index is 4.54. The minimum Gasteiger partial charge on any atom is -0.292 e.